The minimum Gasteiger partial charge on any atom is -0.490 e. The molecule has 0 N–H and O–H groups in total. The standard InChI is InChI=1S/C15H17NO3/c16-6-1-5-15(10-17-11-15)12-3-4-13-14(9-12)19-8-2-7-18-13/h3-4,9H,1-2,5,7-8,10-11H2. The SMILES string of the molecule is N#CCCC1(c2ccc3c(c2)OCCCO3)COC1. The molecule has 0 aliphatic carbocycles. The lowest BCUT2D eigenvalue weighted by molar-refractivity contribution is -0.0637. The van der Waals surface area contributed by atoms with Crippen molar-refractivity contribution in [2.45, 2.75) is 24.7 Å². The Balaban J connectivity index is 1.88. The summed E-state index contributed by atoms with van der Waals surface area (Å²) in [5.74, 6) is 1.63. The van der Waals surface area contributed by atoms with Crippen LogP contribution in [0.2, 0.25) is 0 Å². The van der Waals surface area contributed by atoms with Crippen molar-refractivity contribution in [3.8, 4) is 17.6 Å². The molecule has 2 aliphatic heterocycles. The van der Waals surface area contributed by atoms with Crippen LogP contribution in [-0.4, -0.2) is 26.4 Å². The fourth-order valence-corrected chi connectivity index (χ4v) is 2.59. The molecule has 4 heteroatoms. The molecule has 1 saturated heterocycles. The van der Waals surface area contributed by atoms with Gasteiger partial charge in [0.15, 0.2) is 11.5 Å². The van der Waals surface area contributed by atoms with Gasteiger partial charge in [-0.2, -0.15) is 5.26 Å². The summed E-state index contributed by atoms with van der Waals surface area (Å²) in [6, 6.07) is 8.33. The van der Waals surface area contributed by atoms with Crippen LogP contribution >= 0.6 is 0 Å². The zero-order valence-electron chi connectivity index (χ0n) is 10.9. The van der Waals surface area contributed by atoms with Gasteiger partial charge in [0.2, 0.25) is 0 Å². The largest absolute Gasteiger partial charge is 0.490 e. The minimum atomic E-state index is -0.0135. The van der Waals surface area contributed by atoms with Crippen molar-refractivity contribution in [1.82, 2.24) is 0 Å². The predicted octanol–water partition coefficient (Wildman–Crippen LogP) is 2.42. The van der Waals surface area contributed by atoms with Crippen molar-refractivity contribution in [3.05, 3.63) is 23.8 Å². The van der Waals surface area contributed by atoms with Gasteiger partial charge in [-0.05, 0) is 24.1 Å². The van der Waals surface area contributed by atoms with E-state index in [1.165, 1.54) is 5.56 Å². The number of nitriles is 1. The number of rotatable bonds is 3. The molecule has 0 radical (unpaired) electrons. The smallest absolute Gasteiger partial charge is 0.161 e. The monoisotopic (exact) mass is 259 g/mol. The molecular formula is C15H17NO3. The molecule has 19 heavy (non-hydrogen) atoms. The quantitative estimate of drug-likeness (QED) is 0.836. The second kappa shape index (κ2) is 5.10. The van der Waals surface area contributed by atoms with Gasteiger partial charge < -0.3 is 14.2 Å². The van der Waals surface area contributed by atoms with Crippen molar-refractivity contribution in [3.63, 3.8) is 0 Å². The van der Waals surface area contributed by atoms with Gasteiger partial charge >= 0.3 is 0 Å². The highest BCUT2D eigenvalue weighted by molar-refractivity contribution is 5.46. The molecular weight excluding hydrogens is 242 g/mol. The van der Waals surface area contributed by atoms with E-state index in [-0.39, 0.29) is 5.41 Å². The molecule has 1 aromatic carbocycles. The first-order chi connectivity index (χ1) is 9.34. The summed E-state index contributed by atoms with van der Waals surface area (Å²) in [4.78, 5) is 0. The fourth-order valence-electron chi connectivity index (χ4n) is 2.59. The van der Waals surface area contributed by atoms with E-state index in [2.05, 4.69) is 18.2 Å². The maximum atomic E-state index is 8.79. The van der Waals surface area contributed by atoms with Crippen LogP contribution in [0.4, 0.5) is 0 Å². The highest BCUT2D eigenvalue weighted by atomic mass is 16.5. The summed E-state index contributed by atoms with van der Waals surface area (Å²) in [5, 5.41) is 8.79. The first-order valence-corrected chi connectivity index (χ1v) is 6.69. The molecule has 4 nitrogen and oxygen atoms in total. The van der Waals surface area contributed by atoms with Gasteiger partial charge in [-0.15, -0.1) is 0 Å². The summed E-state index contributed by atoms with van der Waals surface area (Å²) < 4.78 is 16.7. The van der Waals surface area contributed by atoms with E-state index < -0.39 is 0 Å². The van der Waals surface area contributed by atoms with Gasteiger partial charge in [0.05, 0.1) is 32.5 Å². The molecule has 2 heterocycles. The van der Waals surface area contributed by atoms with Crippen LogP contribution in [0.1, 0.15) is 24.8 Å². The molecule has 0 atom stereocenters. The number of fused-ring (bicyclic) bond motifs is 1. The Morgan fingerprint density at radius 2 is 1.95 bits per heavy atom. The molecule has 0 amide bonds. The average Bonchev–Trinajstić information content (AvgIpc) is 2.62. The molecule has 1 fully saturated rings. The Kier molecular flexibility index (Phi) is 3.31. The van der Waals surface area contributed by atoms with Gasteiger partial charge in [-0.25, -0.2) is 0 Å². The summed E-state index contributed by atoms with van der Waals surface area (Å²) in [6.45, 7) is 2.77. The van der Waals surface area contributed by atoms with E-state index in [0.717, 1.165) is 24.3 Å². The van der Waals surface area contributed by atoms with E-state index in [4.69, 9.17) is 19.5 Å². The predicted molar refractivity (Wildman–Crippen MR) is 69.4 cm³/mol. The first kappa shape index (κ1) is 12.3. The molecule has 0 bridgehead atoms. The number of nitrogens with zero attached hydrogens (tertiary/aromatic N) is 1. The Hall–Kier alpha value is -1.73. The Morgan fingerprint density at radius 1 is 1.16 bits per heavy atom. The van der Waals surface area contributed by atoms with E-state index in [1.807, 2.05) is 6.07 Å². The number of hydrogen-bond acceptors (Lipinski definition) is 4. The van der Waals surface area contributed by atoms with E-state index >= 15 is 0 Å². The molecule has 3 rings (SSSR count). The van der Waals surface area contributed by atoms with E-state index in [9.17, 15) is 0 Å². The lowest BCUT2D eigenvalue weighted by Gasteiger charge is -2.41. The molecule has 0 saturated carbocycles. The third-order valence-corrected chi connectivity index (χ3v) is 3.83. The van der Waals surface area contributed by atoms with Crippen LogP contribution in [0.25, 0.3) is 0 Å². The zero-order chi connectivity index (χ0) is 13.1. The average molecular weight is 259 g/mol. The normalized spacial score (nSPS) is 19.9. The topological polar surface area (TPSA) is 51.5 Å². The summed E-state index contributed by atoms with van der Waals surface area (Å²) in [7, 11) is 0. The minimum absolute atomic E-state index is 0.0135. The number of ether oxygens (including phenoxy) is 3. The van der Waals surface area contributed by atoms with Crippen molar-refractivity contribution in [2.75, 3.05) is 26.4 Å². The highest BCUT2D eigenvalue weighted by Gasteiger charge is 2.40. The second-order valence-electron chi connectivity index (χ2n) is 5.14. The number of hydrogen-bond donors (Lipinski definition) is 0. The lowest BCUT2D eigenvalue weighted by Crippen LogP contribution is -2.46. The fraction of sp³-hybridized carbons (Fsp3) is 0.533. The van der Waals surface area contributed by atoms with Crippen LogP contribution in [0, 0.1) is 11.3 Å². The van der Waals surface area contributed by atoms with Crippen molar-refractivity contribution in [2.24, 2.45) is 0 Å². The maximum Gasteiger partial charge on any atom is 0.161 e. The van der Waals surface area contributed by atoms with Crippen molar-refractivity contribution >= 4 is 0 Å². The lowest BCUT2D eigenvalue weighted by atomic mass is 9.75. The molecule has 0 spiro atoms. The van der Waals surface area contributed by atoms with Crippen molar-refractivity contribution in [1.29, 1.82) is 5.26 Å². The Morgan fingerprint density at radius 3 is 2.63 bits per heavy atom. The van der Waals surface area contributed by atoms with Crippen LogP contribution in [0.15, 0.2) is 18.2 Å². The van der Waals surface area contributed by atoms with Crippen LogP contribution in [-0.2, 0) is 10.2 Å². The van der Waals surface area contributed by atoms with E-state index in [0.29, 0.717) is 32.8 Å². The first-order valence-electron chi connectivity index (χ1n) is 6.69. The van der Waals surface area contributed by atoms with Gasteiger partial charge in [0.1, 0.15) is 0 Å². The van der Waals surface area contributed by atoms with Crippen LogP contribution < -0.4 is 9.47 Å². The molecule has 1 aromatic rings. The van der Waals surface area contributed by atoms with Gasteiger partial charge in [0, 0.05) is 18.3 Å². The number of benzene rings is 1. The van der Waals surface area contributed by atoms with Crippen LogP contribution in [0.3, 0.4) is 0 Å². The van der Waals surface area contributed by atoms with Gasteiger partial charge in [0.25, 0.3) is 0 Å². The summed E-state index contributed by atoms with van der Waals surface area (Å²) in [6.07, 6.45) is 2.30. The van der Waals surface area contributed by atoms with Gasteiger partial charge in [-0.1, -0.05) is 6.07 Å². The van der Waals surface area contributed by atoms with Gasteiger partial charge in [-0.3, -0.25) is 0 Å². The Bertz CT molecular complexity index is 503. The zero-order valence-corrected chi connectivity index (χ0v) is 10.9. The summed E-state index contributed by atoms with van der Waals surface area (Å²) in [5.41, 5.74) is 1.18. The molecule has 0 aromatic heterocycles. The van der Waals surface area contributed by atoms with Crippen molar-refractivity contribution < 1.29 is 14.2 Å². The molecule has 0 unspecified atom stereocenters. The summed E-state index contributed by atoms with van der Waals surface area (Å²) >= 11 is 0. The highest BCUT2D eigenvalue weighted by Crippen LogP contribution is 2.41. The third-order valence-electron chi connectivity index (χ3n) is 3.83. The Labute approximate surface area is 112 Å². The molecule has 2 aliphatic rings. The van der Waals surface area contributed by atoms with E-state index in [1.54, 1.807) is 0 Å². The molecule has 100 valence electrons. The third kappa shape index (κ3) is 2.26. The second-order valence-corrected chi connectivity index (χ2v) is 5.14. The van der Waals surface area contributed by atoms with Crippen LogP contribution in [0.5, 0.6) is 11.5 Å². The maximum absolute atomic E-state index is 8.79.